The molecule has 102 valence electrons. The van der Waals surface area contributed by atoms with Gasteiger partial charge in [-0.3, -0.25) is 0 Å². The summed E-state index contributed by atoms with van der Waals surface area (Å²) in [6.07, 6.45) is -0.518. The molecule has 1 heteroatoms. The van der Waals surface area contributed by atoms with Crippen LogP contribution in [0.15, 0.2) is 78.9 Å². The summed E-state index contributed by atoms with van der Waals surface area (Å²) in [5, 5.41) is 10.9. The number of aliphatic hydroxyl groups excluding tert-OH is 1. The zero-order valence-corrected chi connectivity index (χ0v) is 11.6. The molecule has 1 unspecified atom stereocenters. The van der Waals surface area contributed by atoms with Gasteiger partial charge in [-0.05, 0) is 27.8 Å². The van der Waals surface area contributed by atoms with Gasteiger partial charge in [0.15, 0.2) is 0 Å². The molecular formula is C20H16O. The molecule has 0 amide bonds. The Hall–Kier alpha value is -2.38. The van der Waals surface area contributed by atoms with Gasteiger partial charge < -0.3 is 5.11 Å². The second-order valence-corrected chi connectivity index (χ2v) is 5.51. The van der Waals surface area contributed by atoms with Crippen molar-refractivity contribution in [1.29, 1.82) is 0 Å². The molecule has 1 nitrogen and oxygen atoms in total. The molecule has 0 spiro atoms. The van der Waals surface area contributed by atoms with Crippen molar-refractivity contribution in [3.8, 4) is 11.1 Å². The normalized spacial score (nSPS) is 14.5. The van der Waals surface area contributed by atoms with Crippen LogP contribution in [0, 0.1) is 0 Å². The van der Waals surface area contributed by atoms with E-state index in [2.05, 4.69) is 48.5 Å². The molecule has 0 fully saturated rings. The number of fused-ring (bicyclic) bond motifs is 3. The van der Waals surface area contributed by atoms with Gasteiger partial charge in [0.1, 0.15) is 0 Å². The van der Waals surface area contributed by atoms with E-state index in [-0.39, 0.29) is 5.92 Å². The van der Waals surface area contributed by atoms with Gasteiger partial charge in [-0.15, -0.1) is 0 Å². The zero-order valence-electron chi connectivity index (χ0n) is 11.6. The van der Waals surface area contributed by atoms with Gasteiger partial charge in [0.25, 0.3) is 0 Å². The summed E-state index contributed by atoms with van der Waals surface area (Å²) < 4.78 is 0. The van der Waals surface area contributed by atoms with Crippen LogP contribution in [0.1, 0.15) is 28.7 Å². The van der Waals surface area contributed by atoms with Crippen LogP contribution in [0.3, 0.4) is 0 Å². The predicted octanol–water partition coefficient (Wildman–Crippen LogP) is 4.53. The van der Waals surface area contributed by atoms with Crippen LogP contribution >= 0.6 is 0 Å². The molecule has 0 bridgehead atoms. The lowest BCUT2D eigenvalue weighted by atomic mass is 9.87. The van der Waals surface area contributed by atoms with Crippen molar-refractivity contribution in [2.75, 3.05) is 0 Å². The monoisotopic (exact) mass is 272 g/mol. The highest BCUT2D eigenvalue weighted by atomic mass is 16.3. The molecule has 4 rings (SSSR count). The lowest BCUT2D eigenvalue weighted by molar-refractivity contribution is 0.160. The van der Waals surface area contributed by atoms with E-state index in [0.29, 0.717) is 0 Å². The minimum Gasteiger partial charge on any atom is -0.387 e. The molecule has 0 saturated carbocycles. The molecule has 0 heterocycles. The first-order valence-electron chi connectivity index (χ1n) is 7.27. The molecule has 21 heavy (non-hydrogen) atoms. The molecular weight excluding hydrogens is 256 g/mol. The smallest absolute Gasteiger partial charge is 0.0899 e. The van der Waals surface area contributed by atoms with Crippen LogP contribution in [-0.4, -0.2) is 5.11 Å². The van der Waals surface area contributed by atoms with Crippen LogP contribution in [0.25, 0.3) is 11.1 Å². The summed E-state index contributed by atoms with van der Waals surface area (Å²) in [4.78, 5) is 0. The maximum Gasteiger partial charge on any atom is 0.0899 e. The number of aliphatic hydroxyl groups is 1. The summed E-state index contributed by atoms with van der Waals surface area (Å²) in [6, 6.07) is 26.7. The Kier molecular flexibility index (Phi) is 2.87. The van der Waals surface area contributed by atoms with Gasteiger partial charge in [0.2, 0.25) is 0 Å². The highest BCUT2D eigenvalue weighted by molar-refractivity contribution is 5.79. The third kappa shape index (κ3) is 1.90. The highest BCUT2D eigenvalue weighted by Gasteiger charge is 2.33. The average Bonchev–Trinajstić information content (AvgIpc) is 2.90. The van der Waals surface area contributed by atoms with Crippen molar-refractivity contribution in [3.63, 3.8) is 0 Å². The van der Waals surface area contributed by atoms with E-state index >= 15 is 0 Å². The van der Waals surface area contributed by atoms with Gasteiger partial charge in [-0.2, -0.15) is 0 Å². The Morgan fingerprint density at radius 2 is 1.10 bits per heavy atom. The fraction of sp³-hybridized carbons (Fsp3) is 0.100. The predicted molar refractivity (Wildman–Crippen MR) is 85.1 cm³/mol. The molecule has 1 aliphatic carbocycles. The molecule has 1 aliphatic rings. The van der Waals surface area contributed by atoms with Crippen molar-refractivity contribution in [3.05, 3.63) is 95.6 Å². The summed E-state index contributed by atoms with van der Waals surface area (Å²) in [6.45, 7) is 0. The van der Waals surface area contributed by atoms with Crippen LogP contribution in [0.4, 0.5) is 0 Å². The number of hydrogen-bond donors (Lipinski definition) is 1. The topological polar surface area (TPSA) is 20.2 Å². The maximum absolute atomic E-state index is 10.9. The summed E-state index contributed by atoms with van der Waals surface area (Å²) in [5.74, 6) is 0.0137. The number of benzene rings is 3. The van der Waals surface area contributed by atoms with Crippen LogP contribution in [-0.2, 0) is 0 Å². The first-order chi connectivity index (χ1) is 10.4. The Bertz CT molecular complexity index is 731. The minimum absolute atomic E-state index is 0.0137. The van der Waals surface area contributed by atoms with Crippen molar-refractivity contribution in [1.82, 2.24) is 0 Å². The van der Waals surface area contributed by atoms with E-state index < -0.39 is 6.10 Å². The van der Waals surface area contributed by atoms with E-state index in [0.717, 1.165) is 5.56 Å². The molecule has 3 aromatic rings. The first-order valence-corrected chi connectivity index (χ1v) is 7.27. The van der Waals surface area contributed by atoms with Crippen molar-refractivity contribution in [2.45, 2.75) is 12.0 Å². The lowest BCUT2D eigenvalue weighted by Crippen LogP contribution is -2.09. The fourth-order valence-corrected chi connectivity index (χ4v) is 3.38. The van der Waals surface area contributed by atoms with Crippen LogP contribution in [0.5, 0.6) is 0 Å². The van der Waals surface area contributed by atoms with Gasteiger partial charge in [-0.1, -0.05) is 78.9 Å². The van der Waals surface area contributed by atoms with Gasteiger partial charge >= 0.3 is 0 Å². The minimum atomic E-state index is -0.518. The Balaban J connectivity index is 1.89. The van der Waals surface area contributed by atoms with Crippen molar-refractivity contribution in [2.24, 2.45) is 0 Å². The Morgan fingerprint density at radius 3 is 1.67 bits per heavy atom. The molecule has 0 aromatic heterocycles. The summed E-state index contributed by atoms with van der Waals surface area (Å²) >= 11 is 0. The molecule has 0 radical (unpaired) electrons. The number of hydrogen-bond acceptors (Lipinski definition) is 1. The maximum atomic E-state index is 10.9. The SMILES string of the molecule is OC(c1ccccc1)C1c2ccccc2-c2ccccc21. The zero-order chi connectivity index (χ0) is 14.2. The van der Waals surface area contributed by atoms with E-state index in [1.807, 2.05) is 30.3 Å². The largest absolute Gasteiger partial charge is 0.387 e. The Labute approximate surface area is 124 Å². The fourth-order valence-electron chi connectivity index (χ4n) is 3.38. The number of rotatable bonds is 2. The van der Waals surface area contributed by atoms with Crippen molar-refractivity contribution < 1.29 is 5.11 Å². The summed E-state index contributed by atoms with van der Waals surface area (Å²) in [5.41, 5.74) is 5.89. The average molecular weight is 272 g/mol. The van der Waals surface area contributed by atoms with Gasteiger partial charge in [-0.25, -0.2) is 0 Å². The lowest BCUT2D eigenvalue weighted by Gasteiger charge is -2.21. The summed E-state index contributed by atoms with van der Waals surface area (Å²) in [7, 11) is 0. The van der Waals surface area contributed by atoms with E-state index in [1.54, 1.807) is 0 Å². The van der Waals surface area contributed by atoms with Crippen LogP contribution < -0.4 is 0 Å². The van der Waals surface area contributed by atoms with Gasteiger partial charge in [0.05, 0.1) is 6.10 Å². The molecule has 1 N–H and O–H groups in total. The van der Waals surface area contributed by atoms with E-state index in [4.69, 9.17) is 0 Å². The van der Waals surface area contributed by atoms with Crippen LogP contribution in [0.2, 0.25) is 0 Å². The third-order valence-corrected chi connectivity index (χ3v) is 4.34. The van der Waals surface area contributed by atoms with Gasteiger partial charge in [0, 0.05) is 5.92 Å². The molecule has 3 aromatic carbocycles. The second-order valence-electron chi connectivity index (χ2n) is 5.51. The molecule has 0 saturated heterocycles. The third-order valence-electron chi connectivity index (χ3n) is 4.34. The van der Waals surface area contributed by atoms with E-state index in [1.165, 1.54) is 22.3 Å². The molecule has 1 atom stereocenters. The Morgan fingerprint density at radius 1 is 0.619 bits per heavy atom. The highest BCUT2D eigenvalue weighted by Crippen LogP contribution is 2.49. The second kappa shape index (κ2) is 4.87. The van der Waals surface area contributed by atoms with Crippen molar-refractivity contribution >= 4 is 0 Å². The van der Waals surface area contributed by atoms with E-state index in [9.17, 15) is 5.11 Å². The quantitative estimate of drug-likeness (QED) is 0.726. The standard InChI is InChI=1S/C20H16O/c21-20(14-8-2-1-3-9-14)19-17-12-6-4-10-15(17)16-11-5-7-13-18(16)19/h1-13,19-21H. The molecule has 0 aliphatic heterocycles. The first kappa shape index (κ1) is 12.4.